The summed E-state index contributed by atoms with van der Waals surface area (Å²) in [6, 6.07) is 17.2. The summed E-state index contributed by atoms with van der Waals surface area (Å²) in [6.07, 6.45) is 5.17. The lowest BCUT2D eigenvalue weighted by Gasteiger charge is -1.98. The molecule has 0 atom stereocenters. The first-order chi connectivity index (χ1) is 9.66. The van der Waals surface area contributed by atoms with E-state index in [1.54, 1.807) is 18.2 Å². The van der Waals surface area contributed by atoms with Gasteiger partial charge in [-0.15, -0.1) is 0 Å². The van der Waals surface area contributed by atoms with Crippen LogP contribution in [0.15, 0.2) is 66.2 Å². The van der Waals surface area contributed by atoms with Gasteiger partial charge in [0.15, 0.2) is 5.78 Å². The summed E-state index contributed by atoms with van der Waals surface area (Å²) in [7, 11) is 0. The van der Waals surface area contributed by atoms with Gasteiger partial charge in [0.1, 0.15) is 0 Å². The topological polar surface area (TPSA) is 17.1 Å². The molecule has 0 spiro atoms. The molecule has 0 N–H and O–H groups in total. The lowest BCUT2D eigenvalue weighted by Crippen LogP contribution is -1.94. The molecule has 2 aromatic rings. The molecule has 0 aromatic heterocycles. The third-order valence-electron chi connectivity index (χ3n) is 2.89. The molecule has 0 bridgehead atoms. The average Bonchev–Trinajstić information content (AvgIpc) is 2.47. The minimum absolute atomic E-state index is 0.0197. The quantitative estimate of drug-likeness (QED) is 0.719. The van der Waals surface area contributed by atoms with Gasteiger partial charge in [0, 0.05) is 5.02 Å². The molecule has 20 heavy (non-hydrogen) atoms. The van der Waals surface area contributed by atoms with Crippen molar-refractivity contribution in [3.05, 3.63) is 82.4 Å². The van der Waals surface area contributed by atoms with E-state index >= 15 is 0 Å². The van der Waals surface area contributed by atoms with Crippen LogP contribution in [0.5, 0.6) is 0 Å². The molecule has 0 aliphatic rings. The molecule has 0 radical (unpaired) electrons. The molecule has 0 saturated carbocycles. The maximum atomic E-state index is 12.0. The zero-order valence-corrected chi connectivity index (χ0v) is 12.0. The first kappa shape index (κ1) is 14.3. The molecule has 100 valence electrons. The molecule has 0 amide bonds. The van der Waals surface area contributed by atoms with Crippen LogP contribution in [-0.2, 0) is 4.79 Å². The van der Waals surface area contributed by atoms with Gasteiger partial charge in [-0.3, -0.25) is 4.79 Å². The fourth-order valence-electron chi connectivity index (χ4n) is 1.78. The monoisotopic (exact) mass is 282 g/mol. The Hall–Kier alpha value is -2.12. The zero-order valence-electron chi connectivity index (χ0n) is 11.2. The first-order valence-corrected chi connectivity index (χ1v) is 6.75. The van der Waals surface area contributed by atoms with Gasteiger partial charge >= 0.3 is 0 Å². The van der Waals surface area contributed by atoms with Crippen LogP contribution in [0.4, 0.5) is 0 Å². The molecule has 0 saturated heterocycles. The van der Waals surface area contributed by atoms with E-state index in [-0.39, 0.29) is 5.78 Å². The van der Waals surface area contributed by atoms with E-state index in [1.807, 2.05) is 61.5 Å². The molecule has 0 aliphatic heterocycles. The minimum atomic E-state index is -0.0197. The molecule has 0 unspecified atom stereocenters. The van der Waals surface area contributed by atoms with Crippen molar-refractivity contribution in [1.29, 1.82) is 0 Å². The van der Waals surface area contributed by atoms with Crippen molar-refractivity contribution in [3.63, 3.8) is 0 Å². The maximum Gasteiger partial charge on any atom is 0.181 e. The molecule has 0 fully saturated rings. The second-order valence-corrected chi connectivity index (χ2v) is 4.86. The van der Waals surface area contributed by atoms with E-state index in [0.29, 0.717) is 10.6 Å². The smallest absolute Gasteiger partial charge is 0.181 e. The van der Waals surface area contributed by atoms with E-state index in [0.717, 1.165) is 11.1 Å². The summed E-state index contributed by atoms with van der Waals surface area (Å²) in [5.74, 6) is -0.0197. The lowest BCUT2D eigenvalue weighted by molar-refractivity contribution is -0.111. The number of allylic oxidation sites excluding steroid dienone is 2. The summed E-state index contributed by atoms with van der Waals surface area (Å²) in [4.78, 5) is 12.0. The van der Waals surface area contributed by atoms with E-state index < -0.39 is 0 Å². The fraction of sp³-hybridized carbons (Fsp3) is 0.0556. The van der Waals surface area contributed by atoms with Gasteiger partial charge in [0.05, 0.1) is 0 Å². The van der Waals surface area contributed by atoms with Crippen LogP contribution < -0.4 is 0 Å². The number of halogens is 1. The van der Waals surface area contributed by atoms with E-state index in [4.69, 9.17) is 11.6 Å². The van der Waals surface area contributed by atoms with Crippen molar-refractivity contribution < 1.29 is 4.79 Å². The van der Waals surface area contributed by atoms with Crippen LogP contribution in [0.2, 0.25) is 5.02 Å². The van der Waals surface area contributed by atoms with Crippen molar-refractivity contribution in [3.8, 4) is 0 Å². The summed E-state index contributed by atoms with van der Waals surface area (Å²) < 4.78 is 0. The normalized spacial score (nSPS) is 11.8. The first-order valence-electron chi connectivity index (χ1n) is 6.37. The summed E-state index contributed by atoms with van der Waals surface area (Å²) in [5, 5.41) is 0.640. The Labute approximate surface area is 124 Å². The number of hydrogen-bond donors (Lipinski definition) is 0. The number of rotatable bonds is 4. The van der Waals surface area contributed by atoms with Crippen LogP contribution in [0.1, 0.15) is 18.1 Å². The third-order valence-corrected chi connectivity index (χ3v) is 3.24. The Balaban J connectivity index is 2.12. The molecule has 0 aliphatic carbocycles. The number of benzene rings is 2. The van der Waals surface area contributed by atoms with Gasteiger partial charge in [-0.1, -0.05) is 60.1 Å². The Morgan fingerprint density at radius 3 is 2.35 bits per heavy atom. The zero-order chi connectivity index (χ0) is 14.4. The van der Waals surface area contributed by atoms with Crippen LogP contribution in [0.3, 0.4) is 0 Å². The van der Waals surface area contributed by atoms with E-state index in [1.165, 1.54) is 0 Å². The summed E-state index contributed by atoms with van der Waals surface area (Å²) >= 11 is 6.04. The predicted molar refractivity (Wildman–Crippen MR) is 85.6 cm³/mol. The summed E-state index contributed by atoms with van der Waals surface area (Å²) in [5.41, 5.74) is 2.55. The van der Waals surface area contributed by atoms with Crippen LogP contribution in [-0.4, -0.2) is 5.78 Å². The van der Waals surface area contributed by atoms with Crippen molar-refractivity contribution in [2.45, 2.75) is 6.92 Å². The van der Waals surface area contributed by atoms with Gasteiger partial charge < -0.3 is 0 Å². The minimum Gasteiger partial charge on any atom is -0.290 e. The van der Waals surface area contributed by atoms with Gasteiger partial charge in [0.25, 0.3) is 0 Å². The molecular weight excluding hydrogens is 268 g/mol. The highest BCUT2D eigenvalue weighted by molar-refractivity contribution is 6.32. The highest BCUT2D eigenvalue weighted by Crippen LogP contribution is 2.17. The van der Waals surface area contributed by atoms with Crippen molar-refractivity contribution in [2.75, 3.05) is 0 Å². The average molecular weight is 283 g/mol. The number of carbonyl (C=O) groups is 1. The van der Waals surface area contributed by atoms with Gasteiger partial charge in [-0.2, -0.15) is 0 Å². The highest BCUT2D eigenvalue weighted by Gasteiger charge is 2.01. The predicted octanol–water partition coefficient (Wildman–Crippen LogP) is 5.03. The lowest BCUT2D eigenvalue weighted by atomic mass is 10.1. The highest BCUT2D eigenvalue weighted by atomic mass is 35.5. The molecule has 0 heterocycles. The standard InChI is InChI=1S/C18H15ClO/c1-14(13-15-7-3-2-4-8-15)18(20)12-11-16-9-5-6-10-17(16)19/h2-13H,1H3/b12-11+,14-13+. The second-order valence-electron chi connectivity index (χ2n) is 4.46. The fourth-order valence-corrected chi connectivity index (χ4v) is 1.98. The molecule has 1 nitrogen and oxygen atoms in total. The largest absolute Gasteiger partial charge is 0.290 e. The van der Waals surface area contributed by atoms with Crippen molar-refractivity contribution in [1.82, 2.24) is 0 Å². The van der Waals surface area contributed by atoms with Crippen LogP contribution in [0.25, 0.3) is 12.2 Å². The molecule has 2 aromatic carbocycles. The van der Waals surface area contributed by atoms with Crippen LogP contribution >= 0.6 is 11.6 Å². The van der Waals surface area contributed by atoms with E-state index in [2.05, 4.69) is 0 Å². The second kappa shape index (κ2) is 6.88. The SMILES string of the molecule is C/C(=C\c1ccccc1)C(=O)/C=C/c1ccccc1Cl. The van der Waals surface area contributed by atoms with Gasteiger partial charge in [0.2, 0.25) is 0 Å². The van der Waals surface area contributed by atoms with E-state index in [9.17, 15) is 4.79 Å². The molecule has 2 heteroatoms. The van der Waals surface area contributed by atoms with Crippen LogP contribution in [0, 0.1) is 0 Å². The number of carbonyl (C=O) groups excluding carboxylic acids is 1. The summed E-state index contributed by atoms with van der Waals surface area (Å²) in [6.45, 7) is 1.81. The number of ketones is 1. The van der Waals surface area contributed by atoms with Crippen molar-refractivity contribution in [2.24, 2.45) is 0 Å². The Kier molecular flexibility index (Phi) is 4.91. The Bertz CT molecular complexity index is 654. The number of hydrogen-bond acceptors (Lipinski definition) is 1. The molecule has 2 rings (SSSR count). The van der Waals surface area contributed by atoms with Crippen molar-refractivity contribution >= 4 is 29.5 Å². The Morgan fingerprint density at radius 1 is 1.00 bits per heavy atom. The third kappa shape index (κ3) is 3.94. The van der Waals surface area contributed by atoms with Gasteiger partial charge in [-0.25, -0.2) is 0 Å². The maximum absolute atomic E-state index is 12.0. The molecular formula is C18H15ClO. The van der Waals surface area contributed by atoms with Gasteiger partial charge in [-0.05, 0) is 47.9 Å². The Morgan fingerprint density at radius 2 is 1.65 bits per heavy atom.